The Hall–Kier alpha value is -1.34. The molecule has 1 heterocycles. The summed E-state index contributed by atoms with van der Waals surface area (Å²) in [5.41, 5.74) is 1.25. The number of nitriles is 1. The number of thiophene rings is 1. The predicted octanol–water partition coefficient (Wildman–Crippen LogP) is 1.71. The van der Waals surface area contributed by atoms with E-state index in [2.05, 4.69) is 4.74 Å². The Labute approximate surface area is 74.2 Å². The molecule has 1 aromatic rings. The standard InChI is InChI=1S/C8H7NO2S/c1-5-4-12-7(6(5)3-9)8(10)11-2/h4H,1-2H3. The van der Waals surface area contributed by atoms with Crippen molar-refractivity contribution >= 4 is 17.3 Å². The summed E-state index contributed by atoms with van der Waals surface area (Å²) in [6.45, 7) is 1.79. The lowest BCUT2D eigenvalue weighted by atomic mass is 10.2. The van der Waals surface area contributed by atoms with E-state index in [-0.39, 0.29) is 0 Å². The molecule has 0 unspecified atom stereocenters. The van der Waals surface area contributed by atoms with Gasteiger partial charge < -0.3 is 4.74 Å². The molecule has 0 spiro atoms. The Morgan fingerprint density at radius 1 is 1.75 bits per heavy atom. The maximum absolute atomic E-state index is 11.0. The van der Waals surface area contributed by atoms with E-state index in [4.69, 9.17) is 5.26 Å². The minimum absolute atomic E-state index is 0.387. The second kappa shape index (κ2) is 3.37. The van der Waals surface area contributed by atoms with Crippen LogP contribution in [0, 0.1) is 18.3 Å². The summed E-state index contributed by atoms with van der Waals surface area (Å²) >= 11 is 1.24. The van der Waals surface area contributed by atoms with Gasteiger partial charge in [-0.2, -0.15) is 5.26 Å². The molecule has 1 rings (SSSR count). The number of carbonyl (C=O) groups excluding carboxylic acids is 1. The van der Waals surface area contributed by atoms with Gasteiger partial charge in [-0.3, -0.25) is 0 Å². The van der Waals surface area contributed by atoms with Crippen molar-refractivity contribution in [1.29, 1.82) is 5.26 Å². The number of esters is 1. The van der Waals surface area contributed by atoms with Gasteiger partial charge in [0, 0.05) is 0 Å². The highest BCUT2D eigenvalue weighted by Gasteiger charge is 2.15. The third-order valence-corrected chi connectivity index (χ3v) is 2.54. The van der Waals surface area contributed by atoms with Gasteiger partial charge in [-0.1, -0.05) is 0 Å². The molecule has 0 radical (unpaired) electrons. The van der Waals surface area contributed by atoms with E-state index >= 15 is 0 Å². The van der Waals surface area contributed by atoms with E-state index < -0.39 is 5.97 Å². The number of methoxy groups -OCH3 is 1. The normalized spacial score (nSPS) is 9.08. The molecule has 12 heavy (non-hydrogen) atoms. The van der Waals surface area contributed by atoms with Gasteiger partial charge in [0.25, 0.3) is 0 Å². The van der Waals surface area contributed by atoms with Crippen LogP contribution in [0.2, 0.25) is 0 Å². The predicted molar refractivity (Wildman–Crippen MR) is 45.1 cm³/mol. The van der Waals surface area contributed by atoms with Crippen molar-refractivity contribution in [3.63, 3.8) is 0 Å². The lowest BCUT2D eigenvalue weighted by Crippen LogP contribution is -2.00. The van der Waals surface area contributed by atoms with Crippen LogP contribution in [0.15, 0.2) is 5.38 Å². The highest BCUT2D eigenvalue weighted by atomic mass is 32.1. The van der Waals surface area contributed by atoms with Crippen molar-refractivity contribution in [3.8, 4) is 6.07 Å². The summed E-state index contributed by atoms with van der Waals surface area (Å²) in [6, 6.07) is 1.97. The lowest BCUT2D eigenvalue weighted by Gasteiger charge is -1.94. The van der Waals surface area contributed by atoms with E-state index in [9.17, 15) is 4.79 Å². The molecule has 0 amide bonds. The van der Waals surface area contributed by atoms with E-state index in [0.29, 0.717) is 10.4 Å². The van der Waals surface area contributed by atoms with Crippen LogP contribution in [0.5, 0.6) is 0 Å². The highest BCUT2D eigenvalue weighted by molar-refractivity contribution is 7.12. The first-order valence-electron chi connectivity index (χ1n) is 3.27. The summed E-state index contributed by atoms with van der Waals surface area (Å²) in [6.07, 6.45) is 0. The molecule has 3 nitrogen and oxygen atoms in total. The van der Waals surface area contributed by atoms with E-state index in [1.54, 1.807) is 12.3 Å². The molecule has 0 atom stereocenters. The van der Waals surface area contributed by atoms with Crippen LogP contribution in [0.3, 0.4) is 0 Å². The average Bonchev–Trinajstić information content (AvgIpc) is 2.45. The number of ether oxygens (including phenoxy) is 1. The Morgan fingerprint density at radius 2 is 2.42 bits per heavy atom. The molecule has 0 N–H and O–H groups in total. The maximum Gasteiger partial charge on any atom is 0.349 e. The monoisotopic (exact) mass is 181 g/mol. The number of hydrogen-bond acceptors (Lipinski definition) is 4. The maximum atomic E-state index is 11.0. The molecule has 0 fully saturated rings. The van der Waals surface area contributed by atoms with Gasteiger partial charge in [0.05, 0.1) is 12.7 Å². The summed E-state index contributed by atoms with van der Waals surface area (Å²) in [5, 5.41) is 10.5. The molecular formula is C8H7NO2S. The molecule has 0 saturated carbocycles. The van der Waals surface area contributed by atoms with Gasteiger partial charge in [0.2, 0.25) is 0 Å². The quantitative estimate of drug-likeness (QED) is 0.620. The topological polar surface area (TPSA) is 50.1 Å². The molecular weight excluding hydrogens is 174 g/mol. The Balaban J connectivity index is 3.18. The van der Waals surface area contributed by atoms with Crippen LogP contribution in [0.4, 0.5) is 0 Å². The zero-order valence-corrected chi connectivity index (χ0v) is 7.57. The van der Waals surface area contributed by atoms with Gasteiger partial charge in [0.1, 0.15) is 10.9 Å². The number of hydrogen-bond donors (Lipinski definition) is 0. The van der Waals surface area contributed by atoms with Crippen LogP contribution >= 0.6 is 11.3 Å². The zero-order chi connectivity index (χ0) is 9.14. The first-order valence-corrected chi connectivity index (χ1v) is 4.15. The first kappa shape index (κ1) is 8.75. The third kappa shape index (κ3) is 1.31. The van der Waals surface area contributed by atoms with Gasteiger partial charge in [-0.15, -0.1) is 11.3 Å². The molecule has 1 aromatic heterocycles. The molecule has 0 aliphatic carbocycles. The van der Waals surface area contributed by atoms with Crippen molar-refractivity contribution in [1.82, 2.24) is 0 Å². The fourth-order valence-corrected chi connectivity index (χ4v) is 1.74. The molecule has 0 aliphatic heterocycles. The van der Waals surface area contributed by atoms with Crippen LogP contribution in [0.25, 0.3) is 0 Å². The minimum atomic E-state index is -0.440. The van der Waals surface area contributed by atoms with E-state index in [1.807, 2.05) is 6.07 Å². The number of carbonyl (C=O) groups is 1. The Kier molecular flexibility index (Phi) is 2.46. The molecule has 0 bridgehead atoms. The molecule has 4 heteroatoms. The van der Waals surface area contributed by atoms with Crippen LogP contribution in [0.1, 0.15) is 20.8 Å². The van der Waals surface area contributed by atoms with Crippen molar-refractivity contribution in [2.75, 3.05) is 7.11 Å². The van der Waals surface area contributed by atoms with Gasteiger partial charge in [-0.25, -0.2) is 4.79 Å². The Morgan fingerprint density at radius 3 is 2.92 bits per heavy atom. The number of aryl methyl sites for hydroxylation is 1. The number of rotatable bonds is 1. The second-order valence-electron chi connectivity index (χ2n) is 2.23. The second-order valence-corrected chi connectivity index (χ2v) is 3.11. The van der Waals surface area contributed by atoms with E-state index in [1.165, 1.54) is 18.4 Å². The fourth-order valence-electron chi connectivity index (χ4n) is 0.826. The Bertz CT molecular complexity index is 348. The van der Waals surface area contributed by atoms with Crippen molar-refractivity contribution in [2.24, 2.45) is 0 Å². The van der Waals surface area contributed by atoms with Gasteiger partial charge in [-0.05, 0) is 17.9 Å². The lowest BCUT2D eigenvalue weighted by molar-refractivity contribution is 0.0606. The summed E-state index contributed by atoms with van der Waals surface area (Å²) < 4.78 is 4.51. The zero-order valence-electron chi connectivity index (χ0n) is 6.75. The largest absolute Gasteiger partial charge is 0.465 e. The van der Waals surface area contributed by atoms with Crippen LogP contribution in [-0.2, 0) is 4.74 Å². The number of nitrogens with zero attached hydrogens (tertiary/aromatic N) is 1. The smallest absolute Gasteiger partial charge is 0.349 e. The summed E-state index contributed by atoms with van der Waals surface area (Å²) in [5.74, 6) is -0.440. The van der Waals surface area contributed by atoms with Crippen LogP contribution < -0.4 is 0 Å². The molecule has 62 valence electrons. The van der Waals surface area contributed by atoms with E-state index in [0.717, 1.165) is 5.56 Å². The van der Waals surface area contributed by atoms with Crippen molar-refractivity contribution < 1.29 is 9.53 Å². The highest BCUT2D eigenvalue weighted by Crippen LogP contribution is 2.21. The minimum Gasteiger partial charge on any atom is -0.465 e. The summed E-state index contributed by atoms with van der Waals surface area (Å²) in [7, 11) is 1.30. The van der Waals surface area contributed by atoms with Gasteiger partial charge >= 0.3 is 5.97 Å². The van der Waals surface area contributed by atoms with Crippen molar-refractivity contribution in [2.45, 2.75) is 6.92 Å². The SMILES string of the molecule is COC(=O)c1scc(C)c1C#N. The first-order chi connectivity index (χ1) is 5.70. The molecule has 0 aliphatic rings. The summed E-state index contributed by atoms with van der Waals surface area (Å²) in [4.78, 5) is 11.4. The average molecular weight is 181 g/mol. The molecule has 0 saturated heterocycles. The van der Waals surface area contributed by atoms with Gasteiger partial charge in [0.15, 0.2) is 0 Å². The van der Waals surface area contributed by atoms with Crippen molar-refractivity contribution in [3.05, 3.63) is 21.4 Å². The molecule has 0 aromatic carbocycles. The van der Waals surface area contributed by atoms with Crippen LogP contribution in [-0.4, -0.2) is 13.1 Å². The third-order valence-electron chi connectivity index (χ3n) is 1.46. The fraction of sp³-hybridized carbons (Fsp3) is 0.250.